The molecule has 1 aliphatic carbocycles. The topological polar surface area (TPSA) is 41.5 Å². The maximum Gasteiger partial charge on any atom is 0.120 e. The van der Waals surface area contributed by atoms with Crippen molar-refractivity contribution in [2.75, 3.05) is 6.54 Å². The Morgan fingerprint density at radius 1 is 1.14 bits per heavy atom. The molecule has 0 radical (unpaired) electrons. The van der Waals surface area contributed by atoms with Crippen molar-refractivity contribution in [3.8, 4) is 5.75 Å². The Balaban J connectivity index is 1.62. The monoisotopic (exact) mass is 395 g/mol. The van der Waals surface area contributed by atoms with E-state index in [0.717, 1.165) is 37.6 Å². The molecule has 0 saturated heterocycles. The van der Waals surface area contributed by atoms with Crippen LogP contribution in [-0.4, -0.2) is 17.8 Å². The van der Waals surface area contributed by atoms with Crippen LogP contribution in [0.2, 0.25) is 0 Å². The van der Waals surface area contributed by atoms with Gasteiger partial charge in [-0.3, -0.25) is 0 Å². The normalized spacial score (nSPS) is 20.0. The van der Waals surface area contributed by atoms with Crippen LogP contribution >= 0.6 is 0 Å². The van der Waals surface area contributed by atoms with Gasteiger partial charge >= 0.3 is 0 Å². The van der Waals surface area contributed by atoms with Crippen LogP contribution in [0.1, 0.15) is 64.0 Å². The minimum Gasteiger partial charge on any atom is -0.513 e. The zero-order valence-corrected chi connectivity index (χ0v) is 18.6. The Morgan fingerprint density at radius 3 is 2.52 bits per heavy atom. The number of benzene rings is 2. The van der Waals surface area contributed by atoms with Gasteiger partial charge in [-0.2, -0.15) is 0 Å². The first kappa shape index (κ1) is 21.7. The summed E-state index contributed by atoms with van der Waals surface area (Å²) in [5.74, 6) is 2.04. The van der Waals surface area contributed by atoms with Gasteiger partial charge in [-0.25, -0.2) is 0 Å². The smallest absolute Gasteiger partial charge is 0.120 e. The molecule has 0 heterocycles. The van der Waals surface area contributed by atoms with Crippen molar-refractivity contribution in [1.82, 2.24) is 5.32 Å². The molecule has 2 aromatic carbocycles. The van der Waals surface area contributed by atoms with E-state index < -0.39 is 0 Å². The molecule has 0 amide bonds. The average molecular weight is 396 g/mol. The molecule has 0 aliphatic heterocycles. The fourth-order valence-electron chi connectivity index (χ4n) is 4.44. The first-order chi connectivity index (χ1) is 13.7. The maximum absolute atomic E-state index is 9.17. The fourth-order valence-corrected chi connectivity index (χ4v) is 4.44. The van der Waals surface area contributed by atoms with Crippen molar-refractivity contribution < 1.29 is 9.84 Å². The number of fused-ring (bicyclic) bond motifs is 1. The van der Waals surface area contributed by atoms with Gasteiger partial charge in [0.25, 0.3) is 0 Å². The standard InChI is InChI=1S/C26H37NO2/c1-18-14-24(29-23-10-8-22(9-11-23)26(3,4)5)16-21-7-6-20(15-25(18)21)17-27-13-12-19(2)28/h6-7,14-16,22-23,27-28H,2,8-13,17H2,1,3-5H3. The molecule has 1 saturated carbocycles. The molecular weight excluding hydrogens is 358 g/mol. The molecule has 1 aliphatic rings. The molecule has 3 rings (SSSR count). The zero-order chi connectivity index (χ0) is 21.0. The second kappa shape index (κ2) is 9.21. The van der Waals surface area contributed by atoms with E-state index in [1.54, 1.807) is 0 Å². The first-order valence-corrected chi connectivity index (χ1v) is 11.0. The molecule has 0 spiro atoms. The fraction of sp³-hybridized carbons (Fsp3) is 0.538. The minimum absolute atomic E-state index is 0.228. The Bertz CT molecular complexity index is 842. The third-order valence-electron chi connectivity index (χ3n) is 6.32. The predicted octanol–water partition coefficient (Wildman–Crippen LogP) is 6.68. The molecule has 0 bridgehead atoms. The van der Waals surface area contributed by atoms with E-state index in [9.17, 15) is 5.11 Å². The Kier molecular flexibility index (Phi) is 6.89. The predicted molar refractivity (Wildman–Crippen MR) is 123 cm³/mol. The van der Waals surface area contributed by atoms with Gasteiger partial charge in [-0.15, -0.1) is 0 Å². The summed E-state index contributed by atoms with van der Waals surface area (Å²) >= 11 is 0. The van der Waals surface area contributed by atoms with Crippen LogP contribution in [0.25, 0.3) is 10.8 Å². The molecule has 2 aromatic rings. The van der Waals surface area contributed by atoms with E-state index in [-0.39, 0.29) is 5.76 Å². The van der Waals surface area contributed by atoms with Crippen molar-refractivity contribution in [2.45, 2.75) is 72.4 Å². The second-order valence-electron chi connectivity index (χ2n) is 9.75. The van der Waals surface area contributed by atoms with Gasteiger partial charge in [-0.05, 0) is 84.0 Å². The van der Waals surface area contributed by atoms with Gasteiger partial charge in [0.2, 0.25) is 0 Å². The number of aryl methyl sites for hydroxylation is 1. The lowest BCUT2D eigenvalue weighted by molar-refractivity contribution is 0.0883. The van der Waals surface area contributed by atoms with E-state index in [1.807, 2.05) is 0 Å². The van der Waals surface area contributed by atoms with Gasteiger partial charge < -0.3 is 15.2 Å². The number of nitrogens with one attached hydrogen (secondary N) is 1. The van der Waals surface area contributed by atoms with Crippen LogP contribution in [0.3, 0.4) is 0 Å². The number of hydrogen-bond acceptors (Lipinski definition) is 3. The number of aliphatic hydroxyl groups excluding tert-OH is 1. The van der Waals surface area contributed by atoms with Crippen LogP contribution in [0.4, 0.5) is 0 Å². The van der Waals surface area contributed by atoms with Crippen molar-refractivity contribution in [3.63, 3.8) is 0 Å². The summed E-state index contributed by atoms with van der Waals surface area (Å²) in [6, 6.07) is 11.0. The van der Waals surface area contributed by atoms with Crippen LogP contribution < -0.4 is 10.1 Å². The van der Waals surface area contributed by atoms with Crippen molar-refractivity contribution in [1.29, 1.82) is 0 Å². The van der Waals surface area contributed by atoms with E-state index in [4.69, 9.17) is 4.74 Å². The summed E-state index contributed by atoms with van der Waals surface area (Å²) in [5, 5.41) is 15.0. The molecule has 3 nitrogen and oxygen atoms in total. The summed E-state index contributed by atoms with van der Waals surface area (Å²) in [5.41, 5.74) is 2.91. The lowest BCUT2D eigenvalue weighted by Crippen LogP contribution is -2.30. The van der Waals surface area contributed by atoms with E-state index >= 15 is 0 Å². The zero-order valence-electron chi connectivity index (χ0n) is 18.6. The third kappa shape index (κ3) is 5.99. The van der Waals surface area contributed by atoms with Crippen molar-refractivity contribution in [2.24, 2.45) is 11.3 Å². The van der Waals surface area contributed by atoms with Crippen molar-refractivity contribution in [3.05, 3.63) is 53.8 Å². The maximum atomic E-state index is 9.17. The van der Waals surface area contributed by atoms with Gasteiger partial charge in [0.15, 0.2) is 0 Å². The van der Waals surface area contributed by atoms with E-state index in [1.165, 1.54) is 34.7 Å². The molecular formula is C26H37NO2. The average Bonchev–Trinajstić information content (AvgIpc) is 2.65. The largest absolute Gasteiger partial charge is 0.513 e. The molecule has 0 unspecified atom stereocenters. The molecule has 1 fully saturated rings. The Hall–Kier alpha value is -2.00. The van der Waals surface area contributed by atoms with Gasteiger partial charge in [-0.1, -0.05) is 39.5 Å². The lowest BCUT2D eigenvalue weighted by Gasteiger charge is -2.37. The quantitative estimate of drug-likeness (QED) is 0.406. The highest BCUT2D eigenvalue weighted by atomic mass is 16.5. The molecule has 0 atom stereocenters. The third-order valence-corrected chi connectivity index (χ3v) is 6.32. The van der Waals surface area contributed by atoms with Gasteiger partial charge in [0.05, 0.1) is 11.9 Å². The molecule has 2 N–H and O–H groups in total. The number of aliphatic hydroxyl groups is 1. The highest BCUT2D eigenvalue weighted by Gasteiger charge is 2.30. The summed E-state index contributed by atoms with van der Waals surface area (Å²) in [7, 11) is 0. The number of ether oxygens (including phenoxy) is 1. The highest BCUT2D eigenvalue weighted by molar-refractivity contribution is 5.87. The van der Waals surface area contributed by atoms with Gasteiger partial charge in [0, 0.05) is 19.5 Å². The van der Waals surface area contributed by atoms with Crippen LogP contribution in [-0.2, 0) is 6.54 Å². The summed E-state index contributed by atoms with van der Waals surface area (Å²) in [6.07, 6.45) is 5.77. The first-order valence-electron chi connectivity index (χ1n) is 11.0. The molecule has 29 heavy (non-hydrogen) atoms. The number of hydrogen-bond donors (Lipinski definition) is 2. The summed E-state index contributed by atoms with van der Waals surface area (Å²) < 4.78 is 6.39. The molecule has 3 heteroatoms. The van der Waals surface area contributed by atoms with Crippen molar-refractivity contribution >= 4 is 10.8 Å². The van der Waals surface area contributed by atoms with Crippen LogP contribution in [0.5, 0.6) is 5.75 Å². The molecule has 0 aromatic heterocycles. The van der Waals surface area contributed by atoms with Crippen LogP contribution in [0.15, 0.2) is 42.7 Å². The van der Waals surface area contributed by atoms with Crippen LogP contribution in [0, 0.1) is 18.3 Å². The Labute approximate surface area is 176 Å². The SMILES string of the molecule is C=C(O)CCNCc1ccc2cc(OC3CCC(C(C)(C)C)CC3)cc(C)c2c1. The van der Waals surface area contributed by atoms with E-state index in [2.05, 4.69) is 69.9 Å². The molecule has 158 valence electrons. The summed E-state index contributed by atoms with van der Waals surface area (Å²) in [6.45, 7) is 14.3. The van der Waals surface area contributed by atoms with E-state index in [0.29, 0.717) is 17.9 Å². The lowest BCUT2D eigenvalue weighted by atomic mass is 9.72. The second-order valence-corrected chi connectivity index (χ2v) is 9.75. The summed E-state index contributed by atoms with van der Waals surface area (Å²) in [4.78, 5) is 0. The number of rotatable bonds is 7. The Morgan fingerprint density at radius 2 is 1.86 bits per heavy atom. The highest BCUT2D eigenvalue weighted by Crippen LogP contribution is 2.39. The van der Waals surface area contributed by atoms with Gasteiger partial charge in [0.1, 0.15) is 5.75 Å². The minimum atomic E-state index is 0.228.